The van der Waals surface area contributed by atoms with Gasteiger partial charge >= 0.3 is 0 Å². The van der Waals surface area contributed by atoms with Crippen molar-refractivity contribution in [3.8, 4) is 11.5 Å². The fourth-order valence-corrected chi connectivity index (χ4v) is 3.94. The van der Waals surface area contributed by atoms with Crippen molar-refractivity contribution in [3.63, 3.8) is 0 Å². The van der Waals surface area contributed by atoms with Crippen LogP contribution < -0.4 is 14.8 Å². The molecule has 1 aliphatic carbocycles. The number of nitrogens with one attached hydrogen (secondary N) is 1. The molecule has 1 aliphatic heterocycles. The zero-order chi connectivity index (χ0) is 15.4. The second kappa shape index (κ2) is 7.56. The molecule has 1 N–H and O–H groups in total. The summed E-state index contributed by atoms with van der Waals surface area (Å²) in [7, 11) is 1.66. The number of ether oxygens (including phenoxy) is 2. The van der Waals surface area contributed by atoms with Gasteiger partial charge in [0.05, 0.1) is 18.2 Å². The average molecular weight is 324 g/mol. The third-order valence-corrected chi connectivity index (χ3v) is 5.13. The largest absolute Gasteiger partial charge is 0.491 e. The molecule has 1 saturated carbocycles. The van der Waals surface area contributed by atoms with Gasteiger partial charge in [-0.15, -0.1) is 0 Å². The molecule has 1 saturated heterocycles. The van der Waals surface area contributed by atoms with Crippen molar-refractivity contribution in [2.45, 2.75) is 51.0 Å². The quantitative estimate of drug-likeness (QED) is 0.880. The second-order valence-electron chi connectivity index (χ2n) is 6.53. The smallest absolute Gasteiger partial charge is 0.179 e. The molecule has 1 aromatic carbocycles. The highest BCUT2D eigenvalue weighted by molar-refractivity contribution is 6.32. The van der Waals surface area contributed by atoms with Gasteiger partial charge < -0.3 is 14.8 Å². The third-order valence-electron chi connectivity index (χ3n) is 4.85. The van der Waals surface area contributed by atoms with Gasteiger partial charge in [-0.2, -0.15) is 0 Å². The lowest BCUT2D eigenvalue weighted by molar-refractivity contribution is 0.200. The lowest BCUT2D eigenvalue weighted by Gasteiger charge is -2.23. The van der Waals surface area contributed by atoms with E-state index in [1.165, 1.54) is 31.2 Å². The van der Waals surface area contributed by atoms with E-state index in [4.69, 9.17) is 21.1 Å². The summed E-state index contributed by atoms with van der Waals surface area (Å²) in [4.78, 5) is 0. The van der Waals surface area contributed by atoms with Crippen LogP contribution in [-0.4, -0.2) is 26.3 Å². The summed E-state index contributed by atoms with van der Waals surface area (Å²) in [5.74, 6) is 2.25. The van der Waals surface area contributed by atoms with Crippen molar-refractivity contribution >= 4 is 11.6 Å². The van der Waals surface area contributed by atoms with Gasteiger partial charge in [0.1, 0.15) is 0 Å². The van der Waals surface area contributed by atoms with Crippen LogP contribution in [0, 0.1) is 5.92 Å². The molecule has 4 heteroatoms. The maximum Gasteiger partial charge on any atom is 0.179 e. The van der Waals surface area contributed by atoms with Crippen LogP contribution in [0.5, 0.6) is 11.5 Å². The van der Waals surface area contributed by atoms with E-state index in [-0.39, 0.29) is 0 Å². The van der Waals surface area contributed by atoms with Gasteiger partial charge in [0.2, 0.25) is 0 Å². The predicted octanol–water partition coefficient (Wildman–Crippen LogP) is 4.21. The molecule has 2 fully saturated rings. The first-order valence-electron chi connectivity index (χ1n) is 8.50. The maximum absolute atomic E-state index is 6.42. The number of methoxy groups -OCH3 is 1. The summed E-state index contributed by atoms with van der Waals surface area (Å²) in [5.41, 5.74) is 1.27. The molecule has 122 valence electrons. The van der Waals surface area contributed by atoms with Crippen molar-refractivity contribution in [1.82, 2.24) is 5.32 Å². The lowest BCUT2D eigenvalue weighted by atomic mass is 9.91. The molecule has 0 spiro atoms. The van der Waals surface area contributed by atoms with Crippen molar-refractivity contribution in [1.29, 1.82) is 0 Å². The zero-order valence-electron chi connectivity index (χ0n) is 13.4. The van der Waals surface area contributed by atoms with Crippen molar-refractivity contribution in [2.24, 2.45) is 5.92 Å². The maximum atomic E-state index is 6.42. The molecule has 3 rings (SSSR count). The molecule has 1 heterocycles. The third kappa shape index (κ3) is 3.88. The zero-order valence-corrected chi connectivity index (χ0v) is 14.1. The van der Waals surface area contributed by atoms with Crippen molar-refractivity contribution in [3.05, 3.63) is 22.7 Å². The molecule has 0 radical (unpaired) electrons. The van der Waals surface area contributed by atoms with Crippen LogP contribution in [-0.2, 0) is 6.42 Å². The Morgan fingerprint density at radius 2 is 1.86 bits per heavy atom. The minimum Gasteiger partial charge on any atom is -0.491 e. The standard InChI is InChI=1S/C18H26ClNO2/c1-21-18-16(19)11-14(10-13-6-8-20-9-7-13)12-17(18)22-15-4-2-3-5-15/h11-13,15,20H,2-10H2,1H3. The lowest BCUT2D eigenvalue weighted by Crippen LogP contribution is -2.28. The van der Waals surface area contributed by atoms with Crippen LogP contribution in [0.3, 0.4) is 0 Å². The first kappa shape index (κ1) is 15.9. The number of piperidine rings is 1. The van der Waals surface area contributed by atoms with E-state index >= 15 is 0 Å². The Morgan fingerprint density at radius 3 is 2.55 bits per heavy atom. The molecule has 0 amide bonds. The SMILES string of the molecule is COc1c(Cl)cc(CC2CCNCC2)cc1OC1CCCC1. The van der Waals surface area contributed by atoms with Gasteiger partial charge in [0.25, 0.3) is 0 Å². The van der Waals surface area contributed by atoms with Crippen molar-refractivity contribution < 1.29 is 9.47 Å². The van der Waals surface area contributed by atoms with Gasteiger partial charge in [-0.25, -0.2) is 0 Å². The molecule has 3 nitrogen and oxygen atoms in total. The molecule has 0 bridgehead atoms. The summed E-state index contributed by atoms with van der Waals surface area (Å²) >= 11 is 6.42. The van der Waals surface area contributed by atoms with Crippen molar-refractivity contribution in [2.75, 3.05) is 20.2 Å². The van der Waals surface area contributed by atoms with E-state index < -0.39 is 0 Å². The van der Waals surface area contributed by atoms with Gasteiger partial charge in [-0.3, -0.25) is 0 Å². The number of halogens is 1. The van der Waals surface area contributed by atoms with E-state index in [0.29, 0.717) is 16.9 Å². The molecule has 2 aliphatic rings. The monoisotopic (exact) mass is 323 g/mol. The molecular formula is C18H26ClNO2. The fourth-order valence-electron chi connectivity index (χ4n) is 3.63. The normalized spacial score (nSPS) is 20.3. The van der Waals surface area contributed by atoms with Crippen LogP contribution in [0.15, 0.2) is 12.1 Å². The van der Waals surface area contributed by atoms with Gasteiger partial charge in [-0.05, 0) is 81.6 Å². The number of benzene rings is 1. The number of rotatable bonds is 5. The topological polar surface area (TPSA) is 30.5 Å². The molecule has 22 heavy (non-hydrogen) atoms. The van der Waals surface area contributed by atoms with Crippen LogP contribution in [0.1, 0.15) is 44.1 Å². The highest BCUT2D eigenvalue weighted by Crippen LogP contribution is 2.39. The van der Waals surface area contributed by atoms with Gasteiger partial charge in [0, 0.05) is 0 Å². The summed E-state index contributed by atoms with van der Waals surface area (Å²) in [6, 6.07) is 4.19. The Bertz CT molecular complexity index is 494. The molecular weight excluding hydrogens is 298 g/mol. The van der Waals surface area contributed by atoms with E-state index in [1.54, 1.807) is 7.11 Å². The predicted molar refractivity (Wildman–Crippen MR) is 90.2 cm³/mol. The van der Waals surface area contributed by atoms with E-state index in [1.807, 2.05) is 6.07 Å². The molecule has 0 aromatic heterocycles. The Balaban J connectivity index is 1.76. The Hall–Kier alpha value is -0.930. The summed E-state index contributed by atoms with van der Waals surface area (Å²) in [6.45, 7) is 2.25. The highest BCUT2D eigenvalue weighted by atomic mass is 35.5. The van der Waals surface area contributed by atoms with Gasteiger partial charge in [0.15, 0.2) is 11.5 Å². The van der Waals surface area contributed by atoms with Gasteiger partial charge in [-0.1, -0.05) is 11.6 Å². The van der Waals surface area contributed by atoms with Crippen LogP contribution in [0.2, 0.25) is 5.02 Å². The summed E-state index contributed by atoms with van der Waals surface area (Å²) < 4.78 is 11.7. The Labute approximate surface area is 138 Å². The summed E-state index contributed by atoms with van der Waals surface area (Å²) in [5, 5.41) is 4.09. The van der Waals surface area contributed by atoms with Crippen LogP contribution in [0.25, 0.3) is 0 Å². The summed E-state index contributed by atoms with van der Waals surface area (Å²) in [6.07, 6.45) is 8.67. The fraction of sp³-hybridized carbons (Fsp3) is 0.667. The van der Waals surface area contributed by atoms with E-state index in [0.717, 1.165) is 44.0 Å². The Morgan fingerprint density at radius 1 is 1.14 bits per heavy atom. The highest BCUT2D eigenvalue weighted by Gasteiger charge is 2.21. The first-order valence-corrected chi connectivity index (χ1v) is 8.88. The first-order chi connectivity index (χ1) is 10.8. The van der Waals surface area contributed by atoms with Crippen LogP contribution >= 0.6 is 11.6 Å². The second-order valence-corrected chi connectivity index (χ2v) is 6.94. The molecule has 0 unspecified atom stereocenters. The van der Waals surface area contributed by atoms with Crippen LogP contribution in [0.4, 0.5) is 0 Å². The molecule has 1 aromatic rings. The molecule has 0 atom stereocenters. The number of hydrogen-bond donors (Lipinski definition) is 1. The van der Waals surface area contributed by atoms with E-state index in [9.17, 15) is 0 Å². The average Bonchev–Trinajstić information content (AvgIpc) is 3.01. The Kier molecular flexibility index (Phi) is 5.48. The number of hydrogen-bond acceptors (Lipinski definition) is 3. The van der Waals surface area contributed by atoms with E-state index in [2.05, 4.69) is 11.4 Å². The minimum absolute atomic E-state index is 0.319. The minimum atomic E-state index is 0.319.